The number of nitrogens with zero attached hydrogens (tertiary/aromatic N) is 3. The number of carbonyl (C=O) groups is 2. The molecule has 0 aliphatic rings. The molecule has 2 aromatic carbocycles. The van der Waals surface area contributed by atoms with Gasteiger partial charge in [0.15, 0.2) is 6.61 Å². The summed E-state index contributed by atoms with van der Waals surface area (Å²) in [6.07, 6.45) is 0.755. The lowest BCUT2D eigenvalue weighted by Crippen LogP contribution is -2.29. The van der Waals surface area contributed by atoms with E-state index in [0.717, 1.165) is 11.9 Å². The zero-order valence-electron chi connectivity index (χ0n) is 17.6. The van der Waals surface area contributed by atoms with Gasteiger partial charge in [0.1, 0.15) is 12.3 Å². The van der Waals surface area contributed by atoms with Crippen molar-refractivity contribution < 1.29 is 24.0 Å². The van der Waals surface area contributed by atoms with Gasteiger partial charge in [-0.05, 0) is 24.6 Å². The average Bonchev–Trinajstić information content (AvgIpc) is 3.04. The fraction of sp³-hybridized carbons (Fsp3) is 0.286. The van der Waals surface area contributed by atoms with Gasteiger partial charge in [-0.15, -0.1) is 0 Å². The number of methoxy groups -OCH3 is 1. The standard InChI is InChI=1S/C21H22N4O7/c1-3-10-23-16-6-4-5-7-17(16)24(21(23)28)12-20(27)32-13-19(26)22-15-9-8-14(25(29)30)11-18(15)31-2/h4-9,11H,3,10,12-13H2,1-2H3,(H,22,26). The number of nitro groups is 1. The van der Waals surface area contributed by atoms with Crippen LogP contribution >= 0.6 is 0 Å². The van der Waals surface area contributed by atoms with Crippen molar-refractivity contribution in [2.75, 3.05) is 19.0 Å². The van der Waals surface area contributed by atoms with E-state index in [9.17, 15) is 24.5 Å². The third-order valence-electron chi connectivity index (χ3n) is 4.69. The van der Waals surface area contributed by atoms with Crippen molar-refractivity contribution in [2.45, 2.75) is 26.4 Å². The molecule has 1 heterocycles. The number of esters is 1. The van der Waals surface area contributed by atoms with Crippen molar-refractivity contribution in [1.29, 1.82) is 0 Å². The summed E-state index contributed by atoms with van der Waals surface area (Å²) in [5, 5.41) is 13.3. The molecule has 11 nitrogen and oxygen atoms in total. The Morgan fingerprint density at radius 2 is 1.81 bits per heavy atom. The van der Waals surface area contributed by atoms with Crippen LogP contribution in [0.1, 0.15) is 13.3 Å². The summed E-state index contributed by atoms with van der Waals surface area (Å²) in [6, 6.07) is 10.8. The van der Waals surface area contributed by atoms with Gasteiger partial charge < -0.3 is 14.8 Å². The summed E-state index contributed by atoms with van der Waals surface area (Å²) in [5.74, 6) is -1.32. The van der Waals surface area contributed by atoms with E-state index in [-0.39, 0.29) is 29.4 Å². The molecule has 0 bridgehead atoms. The number of non-ortho nitro benzene ring substituents is 1. The van der Waals surface area contributed by atoms with E-state index >= 15 is 0 Å². The molecule has 0 atom stereocenters. The highest BCUT2D eigenvalue weighted by Crippen LogP contribution is 2.28. The number of hydrogen-bond acceptors (Lipinski definition) is 7. The SMILES string of the molecule is CCCn1c(=O)n(CC(=O)OCC(=O)Nc2ccc([N+](=O)[O-])cc2OC)c2ccccc21. The van der Waals surface area contributed by atoms with Gasteiger partial charge >= 0.3 is 11.7 Å². The normalized spacial score (nSPS) is 10.7. The molecule has 0 spiro atoms. The number of hydrogen-bond donors (Lipinski definition) is 1. The number of amides is 1. The Bertz CT molecular complexity index is 1230. The van der Waals surface area contributed by atoms with E-state index in [1.165, 1.54) is 29.9 Å². The van der Waals surface area contributed by atoms with Gasteiger partial charge in [0.2, 0.25) is 0 Å². The smallest absolute Gasteiger partial charge is 0.329 e. The van der Waals surface area contributed by atoms with Crippen molar-refractivity contribution in [1.82, 2.24) is 9.13 Å². The maximum absolute atomic E-state index is 12.7. The lowest BCUT2D eigenvalue weighted by molar-refractivity contribution is -0.384. The molecule has 3 aromatic rings. The van der Waals surface area contributed by atoms with Gasteiger partial charge in [-0.2, -0.15) is 0 Å². The van der Waals surface area contributed by atoms with Crippen LogP contribution in [-0.2, 0) is 27.4 Å². The average molecular weight is 442 g/mol. The van der Waals surface area contributed by atoms with Crippen molar-refractivity contribution in [3.8, 4) is 5.75 Å². The number of ether oxygens (including phenoxy) is 2. The molecule has 0 saturated heterocycles. The number of benzene rings is 2. The molecular formula is C21H22N4O7. The second-order valence-corrected chi connectivity index (χ2v) is 6.86. The summed E-state index contributed by atoms with van der Waals surface area (Å²) in [5.41, 5.74) is 0.986. The van der Waals surface area contributed by atoms with E-state index in [4.69, 9.17) is 9.47 Å². The number of aryl methyl sites for hydroxylation is 1. The molecule has 0 aliphatic heterocycles. The molecule has 0 radical (unpaired) electrons. The maximum atomic E-state index is 12.7. The lowest BCUT2D eigenvalue weighted by atomic mass is 10.2. The summed E-state index contributed by atoms with van der Waals surface area (Å²) in [4.78, 5) is 47.5. The third-order valence-corrected chi connectivity index (χ3v) is 4.69. The van der Waals surface area contributed by atoms with Crippen LogP contribution in [0.25, 0.3) is 11.0 Å². The quantitative estimate of drug-likeness (QED) is 0.305. The van der Waals surface area contributed by atoms with Crippen molar-refractivity contribution in [3.63, 3.8) is 0 Å². The highest BCUT2D eigenvalue weighted by Gasteiger charge is 2.17. The number of carbonyl (C=O) groups excluding carboxylic acids is 2. The van der Waals surface area contributed by atoms with Crippen LogP contribution in [0.5, 0.6) is 5.75 Å². The summed E-state index contributed by atoms with van der Waals surface area (Å²) >= 11 is 0. The van der Waals surface area contributed by atoms with Crippen molar-refractivity contribution in [3.05, 3.63) is 63.1 Å². The highest BCUT2D eigenvalue weighted by atomic mass is 16.6. The molecule has 0 unspecified atom stereocenters. The van der Waals surface area contributed by atoms with Crippen LogP contribution in [0.4, 0.5) is 11.4 Å². The highest BCUT2D eigenvalue weighted by molar-refractivity contribution is 5.94. The molecule has 0 aliphatic carbocycles. The molecule has 0 saturated carbocycles. The molecule has 3 rings (SSSR count). The predicted octanol–water partition coefficient (Wildman–Crippen LogP) is 2.31. The number of rotatable bonds is 9. The number of para-hydroxylation sites is 2. The van der Waals surface area contributed by atoms with E-state index < -0.39 is 23.4 Å². The number of anilines is 1. The van der Waals surface area contributed by atoms with Gasteiger partial charge in [0, 0.05) is 12.6 Å². The zero-order chi connectivity index (χ0) is 23.3. The molecule has 1 N–H and O–H groups in total. The minimum Gasteiger partial charge on any atom is -0.494 e. The first kappa shape index (κ1) is 22.5. The van der Waals surface area contributed by atoms with Crippen LogP contribution in [0, 0.1) is 10.1 Å². The molecule has 11 heteroatoms. The minimum atomic E-state index is -0.752. The zero-order valence-corrected chi connectivity index (χ0v) is 17.6. The van der Waals surface area contributed by atoms with Crippen molar-refractivity contribution in [2.24, 2.45) is 0 Å². The predicted molar refractivity (Wildman–Crippen MR) is 116 cm³/mol. The van der Waals surface area contributed by atoms with E-state index in [1.807, 2.05) is 13.0 Å². The second-order valence-electron chi connectivity index (χ2n) is 6.86. The van der Waals surface area contributed by atoms with Gasteiger partial charge in [-0.25, -0.2) is 4.79 Å². The fourth-order valence-corrected chi connectivity index (χ4v) is 3.27. The van der Waals surface area contributed by atoms with Gasteiger partial charge in [-0.1, -0.05) is 19.1 Å². The Balaban J connectivity index is 1.66. The van der Waals surface area contributed by atoms with Gasteiger partial charge in [0.05, 0.1) is 34.8 Å². The second kappa shape index (κ2) is 9.77. The number of aromatic nitrogens is 2. The van der Waals surface area contributed by atoms with Crippen LogP contribution < -0.4 is 15.7 Å². The maximum Gasteiger partial charge on any atom is 0.329 e. The summed E-state index contributed by atoms with van der Waals surface area (Å²) < 4.78 is 13.0. The summed E-state index contributed by atoms with van der Waals surface area (Å²) in [6.45, 7) is 1.53. The first-order valence-corrected chi connectivity index (χ1v) is 9.81. The molecule has 0 fully saturated rings. The first-order chi connectivity index (χ1) is 15.3. The van der Waals surface area contributed by atoms with E-state index in [2.05, 4.69) is 5.32 Å². The number of fused-ring (bicyclic) bond motifs is 1. The Hall–Kier alpha value is -4.15. The van der Waals surface area contributed by atoms with E-state index in [1.54, 1.807) is 22.8 Å². The molecule has 1 amide bonds. The third kappa shape index (κ3) is 4.77. The Morgan fingerprint density at radius 3 is 2.44 bits per heavy atom. The molecule has 168 valence electrons. The molecule has 1 aromatic heterocycles. The van der Waals surface area contributed by atoms with E-state index in [0.29, 0.717) is 12.1 Å². The number of imidazole rings is 1. The van der Waals surface area contributed by atoms with Crippen LogP contribution in [0.15, 0.2) is 47.3 Å². The lowest BCUT2D eigenvalue weighted by Gasteiger charge is -2.10. The van der Waals surface area contributed by atoms with Crippen LogP contribution in [0.3, 0.4) is 0 Å². The van der Waals surface area contributed by atoms with Gasteiger partial charge in [-0.3, -0.25) is 28.8 Å². The Labute approximate surface area is 182 Å². The Kier molecular flexibility index (Phi) is 6.88. The van der Waals surface area contributed by atoms with Gasteiger partial charge in [0.25, 0.3) is 11.6 Å². The monoisotopic (exact) mass is 442 g/mol. The first-order valence-electron chi connectivity index (χ1n) is 9.81. The van der Waals surface area contributed by atoms with Crippen LogP contribution in [-0.4, -0.2) is 39.7 Å². The minimum absolute atomic E-state index is 0.0918. The topological polar surface area (TPSA) is 135 Å². The molecular weight excluding hydrogens is 420 g/mol. The Morgan fingerprint density at radius 1 is 1.12 bits per heavy atom. The number of nitro benzene ring substituents is 1. The molecule has 32 heavy (non-hydrogen) atoms. The summed E-state index contributed by atoms with van der Waals surface area (Å²) in [7, 11) is 1.31. The number of nitrogens with one attached hydrogen (secondary N) is 1. The van der Waals surface area contributed by atoms with Crippen LogP contribution in [0.2, 0.25) is 0 Å². The largest absolute Gasteiger partial charge is 0.494 e. The fourth-order valence-electron chi connectivity index (χ4n) is 3.27. The van der Waals surface area contributed by atoms with Crippen molar-refractivity contribution >= 4 is 34.3 Å².